The first-order valence-corrected chi connectivity index (χ1v) is 8.10. The minimum absolute atomic E-state index is 0.121. The van der Waals surface area contributed by atoms with Gasteiger partial charge in [0, 0.05) is 23.7 Å². The first-order chi connectivity index (χ1) is 10.0. The summed E-state index contributed by atoms with van der Waals surface area (Å²) in [5, 5.41) is 22.4. The fourth-order valence-corrected chi connectivity index (χ4v) is 6.79. The molecule has 0 aromatic heterocycles. The van der Waals surface area contributed by atoms with Crippen LogP contribution in [0.4, 0.5) is 0 Å². The number of fused-ring (bicyclic) bond motifs is 15. The van der Waals surface area contributed by atoms with Crippen molar-refractivity contribution in [2.45, 2.75) is 24.4 Å². The highest BCUT2D eigenvalue weighted by atomic mass is 16.7. The molecule has 0 aromatic rings. The van der Waals surface area contributed by atoms with Crippen molar-refractivity contribution in [3.8, 4) is 0 Å². The standard InChI is InChI=1S/C17H18O4/c18-15-11-7-1-2-8(5-7)12(11)16(19)13-9-3-4-10(6-9)14(13)17(15,20)21-16/h1-4,7-14,19-20H,5-6H2/t7-,8+,9-,10+,11-,12+,13-,14+,16-,17+/m1/s1. The van der Waals surface area contributed by atoms with E-state index in [4.69, 9.17) is 4.74 Å². The fraction of sp³-hybridized carbons (Fsp3) is 0.706. The molecular weight excluding hydrogens is 268 g/mol. The second-order valence-corrected chi connectivity index (χ2v) is 7.91. The van der Waals surface area contributed by atoms with Gasteiger partial charge in [-0.2, -0.15) is 0 Å². The van der Waals surface area contributed by atoms with Gasteiger partial charge in [-0.15, -0.1) is 0 Å². The Morgan fingerprint density at radius 3 is 2.24 bits per heavy atom. The van der Waals surface area contributed by atoms with Crippen LogP contribution in [0.2, 0.25) is 0 Å². The molecule has 2 aliphatic heterocycles. The van der Waals surface area contributed by atoms with Crippen LogP contribution in [-0.2, 0) is 9.53 Å². The number of ketones is 1. The van der Waals surface area contributed by atoms with Gasteiger partial charge in [0.05, 0.1) is 0 Å². The molecule has 6 aliphatic rings. The zero-order valence-electron chi connectivity index (χ0n) is 11.6. The van der Waals surface area contributed by atoms with E-state index < -0.39 is 11.6 Å². The molecule has 21 heavy (non-hydrogen) atoms. The molecule has 2 saturated carbocycles. The van der Waals surface area contributed by atoms with Crippen molar-refractivity contribution < 1.29 is 19.7 Å². The molecule has 0 amide bonds. The van der Waals surface area contributed by atoms with E-state index in [0.717, 1.165) is 12.8 Å². The van der Waals surface area contributed by atoms with Crippen LogP contribution < -0.4 is 0 Å². The van der Waals surface area contributed by atoms with Gasteiger partial charge < -0.3 is 14.9 Å². The largest absolute Gasteiger partial charge is 0.365 e. The van der Waals surface area contributed by atoms with Crippen LogP contribution >= 0.6 is 0 Å². The topological polar surface area (TPSA) is 66.8 Å². The van der Waals surface area contributed by atoms with Gasteiger partial charge in [-0.25, -0.2) is 0 Å². The number of rotatable bonds is 0. The second-order valence-electron chi connectivity index (χ2n) is 7.91. The number of Topliss-reactive ketones (excluding diaryl/α,β-unsaturated/α-hetero) is 1. The Bertz CT molecular complexity index is 639. The van der Waals surface area contributed by atoms with Gasteiger partial charge in [-0.1, -0.05) is 24.3 Å². The van der Waals surface area contributed by atoms with Crippen LogP contribution in [0.1, 0.15) is 12.8 Å². The molecule has 6 rings (SSSR count). The summed E-state index contributed by atoms with van der Waals surface area (Å²) in [6.45, 7) is 0. The van der Waals surface area contributed by atoms with E-state index >= 15 is 0 Å². The maximum absolute atomic E-state index is 13.0. The van der Waals surface area contributed by atoms with Crippen LogP contribution in [0.15, 0.2) is 24.3 Å². The molecule has 4 heteroatoms. The van der Waals surface area contributed by atoms with Crippen molar-refractivity contribution in [1.82, 2.24) is 0 Å². The van der Waals surface area contributed by atoms with E-state index in [1.54, 1.807) is 0 Å². The van der Waals surface area contributed by atoms with E-state index in [1.807, 2.05) is 0 Å². The lowest BCUT2D eigenvalue weighted by Crippen LogP contribution is -2.60. The monoisotopic (exact) mass is 286 g/mol. The maximum Gasteiger partial charge on any atom is 0.233 e. The summed E-state index contributed by atoms with van der Waals surface area (Å²) in [7, 11) is 0. The average molecular weight is 286 g/mol. The molecule has 4 nitrogen and oxygen atoms in total. The van der Waals surface area contributed by atoms with Gasteiger partial charge in [-0.05, 0) is 36.5 Å². The average Bonchev–Trinajstić information content (AvgIpc) is 3.22. The highest BCUT2D eigenvalue weighted by Crippen LogP contribution is 2.71. The van der Waals surface area contributed by atoms with Crippen molar-refractivity contribution >= 4 is 5.78 Å². The van der Waals surface area contributed by atoms with Gasteiger partial charge in [0.25, 0.3) is 0 Å². The number of hydrogen-bond acceptors (Lipinski definition) is 4. The van der Waals surface area contributed by atoms with Crippen LogP contribution in [0.5, 0.6) is 0 Å². The van der Waals surface area contributed by atoms with Crippen molar-refractivity contribution in [3.05, 3.63) is 24.3 Å². The third kappa shape index (κ3) is 0.980. The summed E-state index contributed by atoms with van der Waals surface area (Å²) < 4.78 is 5.79. The molecule has 0 radical (unpaired) electrons. The molecule has 2 N–H and O–H groups in total. The third-order valence-corrected chi connectivity index (χ3v) is 7.30. The first-order valence-electron chi connectivity index (χ1n) is 8.10. The van der Waals surface area contributed by atoms with Crippen molar-refractivity contribution in [2.24, 2.45) is 47.3 Å². The Morgan fingerprint density at radius 1 is 0.905 bits per heavy atom. The van der Waals surface area contributed by atoms with E-state index in [0.29, 0.717) is 0 Å². The number of allylic oxidation sites excluding steroid dienone is 4. The Labute approximate surface area is 122 Å². The SMILES string of the molecule is O=C1[C@H]2[C@H]([C@H]3C=C[C@@H]2C3)[C@@]2(O)O[C@@]1(O)[C@@H]1[C@H]2[C@@H]2C=C[C@H]1C2. The first kappa shape index (κ1) is 11.6. The summed E-state index contributed by atoms with van der Waals surface area (Å²) in [5.74, 6) is -3.23. The number of carbonyl (C=O) groups excluding carboxylic acids is 1. The summed E-state index contributed by atoms with van der Waals surface area (Å²) >= 11 is 0. The molecular formula is C17H18O4. The highest BCUT2D eigenvalue weighted by molar-refractivity contribution is 5.91. The predicted molar refractivity (Wildman–Crippen MR) is 71.4 cm³/mol. The van der Waals surface area contributed by atoms with E-state index in [9.17, 15) is 15.0 Å². The van der Waals surface area contributed by atoms with Gasteiger partial charge in [0.2, 0.25) is 5.79 Å². The zero-order valence-corrected chi connectivity index (χ0v) is 11.6. The maximum atomic E-state index is 13.0. The molecule has 4 fully saturated rings. The molecule has 0 aromatic carbocycles. The lowest BCUT2D eigenvalue weighted by molar-refractivity contribution is -0.337. The smallest absolute Gasteiger partial charge is 0.233 e. The van der Waals surface area contributed by atoms with Crippen LogP contribution in [-0.4, -0.2) is 27.6 Å². The minimum Gasteiger partial charge on any atom is -0.365 e. The van der Waals surface area contributed by atoms with Crippen LogP contribution in [0, 0.1) is 47.3 Å². The Balaban J connectivity index is 1.60. The number of aliphatic hydroxyl groups is 2. The third-order valence-electron chi connectivity index (χ3n) is 7.30. The molecule has 10 atom stereocenters. The normalized spacial score (nSPS) is 68.0. The summed E-state index contributed by atoms with van der Waals surface area (Å²) in [6.07, 6.45) is 10.4. The van der Waals surface area contributed by atoms with Crippen molar-refractivity contribution in [3.63, 3.8) is 0 Å². The Kier molecular flexibility index (Phi) is 1.68. The zero-order chi connectivity index (χ0) is 14.1. The van der Waals surface area contributed by atoms with Gasteiger partial charge in [0.1, 0.15) is 0 Å². The molecule has 0 spiro atoms. The van der Waals surface area contributed by atoms with Crippen LogP contribution in [0.25, 0.3) is 0 Å². The van der Waals surface area contributed by atoms with Gasteiger partial charge in [-0.3, -0.25) is 4.79 Å². The molecule has 2 saturated heterocycles. The summed E-state index contributed by atoms with van der Waals surface area (Å²) in [6, 6.07) is 0. The summed E-state index contributed by atoms with van der Waals surface area (Å²) in [5.41, 5.74) is 0. The van der Waals surface area contributed by atoms with Gasteiger partial charge in [0.15, 0.2) is 11.6 Å². The Hall–Kier alpha value is -0.970. The minimum atomic E-state index is -1.76. The number of hydrogen-bond donors (Lipinski definition) is 2. The number of ether oxygens (including phenoxy) is 1. The van der Waals surface area contributed by atoms with Gasteiger partial charge >= 0.3 is 0 Å². The summed E-state index contributed by atoms with van der Waals surface area (Å²) in [4.78, 5) is 13.0. The van der Waals surface area contributed by atoms with E-state index in [1.165, 1.54) is 0 Å². The van der Waals surface area contributed by atoms with Crippen molar-refractivity contribution in [1.29, 1.82) is 0 Å². The van der Waals surface area contributed by atoms with E-state index in [2.05, 4.69) is 24.3 Å². The quantitative estimate of drug-likeness (QED) is 0.648. The lowest BCUT2D eigenvalue weighted by Gasteiger charge is -2.46. The van der Waals surface area contributed by atoms with Crippen LogP contribution in [0.3, 0.4) is 0 Å². The number of carbonyl (C=O) groups is 1. The highest BCUT2D eigenvalue weighted by Gasteiger charge is 2.80. The Morgan fingerprint density at radius 2 is 1.48 bits per heavy atom. The molecule has 6 bridgehead atoms. The lowest BCUT2D eigenvalue weighted by atomic mass is 9.70. The van der Waals surface area contributed by atoms with E-state index in [-0.39, 0.29) is 53.1 Å². The predicted octanol–water partition coefficient (Wildman–Crippen LogP) is 0.853. The molecule has 0 unspecified atom stereocenters. The molecule has 4 aliphatic carbocycles. The fourth-order valence-electron chi connectivity index (χ4n) is 6.79. The van der Waals surface area contributed by atoms with Crippen molar-refractivity contribution in [2.75, 3.05) is 0 Å². The second kappa shape index (κ2) is 3.05. The molecule has 110 valence electrons. The molecule has 2 heterocycles.